The molecule has 0 fully saturated rings. The van der Waals surface area contributed by atoms with Crippen LogP contribution >= 0.6 is 11.3 Å². The molecule has 0 saturated heterocycles. The van der Waals surface area contributed by atoms with E-state index < -0.39 is 5.97 Å². The number of hydrogen-bond donors (Lipinski definition) is 1. The summed E-state index contributed by atoms with van der Waals surface area (Å²) >= 11 is 1.54. The summed E-state index contributed by atoms with van der Waals surface area (Å²) in [6.07, 6.45) is 1.50. The normalized spacial score (nSPS) is 10.8. The van der Waals surface area contributed by atoms with Gasteiger partial charge in [0.25, 0.3) is 0 Å². The van der Waals surface area contributed by atoms with E-state index >= 15 is 0 Å². The van der Waals surface area contributed by atoms with Crippen LogP contribution in [0.2, 0.25) is 0 Å². The summed E-state index contributed by atoms with van der Waals surface area (Å²) in [5.74, 6) is -1.03. The highest BCUT2D eigenvalue weighted by molar-refractivity contribution is 7.09. The molecule has 0 unspecified atom stereocenters. The zero-order chi connectivity index (χ0) is 13.1. The first-order valence-electron chi connectivity index (χ1n) is 5.68. The number of rotatable bonds is 5. The molecule has 2 heterocycles. The highest BCUT2D eigenvalue weighted by Gasteiger charge is 2.18. The fourth-order valence-electron chi connectivity index (χ4n) is 1.71. The molecule has 0 bridgehead atoms. The van der Waals surface area contributed by atoms with Crippen molar-refractivity contribution in [3.8, 4) is 0 Å². The maximum Gasteiger partial charge on any atom is 0.358 e. The quantitative estimate of drug-likeness (QED) is 0.891. The van der Waals surface area contributed by atoms with Crippen molar-refractivity contribution in [1.82, 2.24) is 20.0 Å². The van der Waals surface area contributed by atoms with Gasteiger partial charge in [-0.1, -0.05) is 18.6 Å². The van der Waals surface area contributed by atoms with E-state index in [0.29, 0.717) is 18.7 Å². The van der Waals surface area contributed by atoms with E-state index in [4.69, 9.17) is 5.11 Å². The molecule has 1 N–H and O–H groups in total. The minimum Gasteiger partial charge on any atom is -0.476 e. The van der Waals surface area contributed by atoms with Crippen LogP contribution in [-0.2, 0) is 13.0 Å². The minimum atomic E-state index is -1.03. The first kappa shape index (κ1) is 12.7. The lowest BCUT2D eigenvalue weighted by molar-refractivity contribution is 0.0689. The SMILES string of the molecule is CCCc1c(C(=O)O)nnn1Cc1nc(C)cs1. The molecule has 6 nitrogen and oxygen atoms in total. The van der Waals surface area contributed by atoms with Crippen molar-refractivity contribution in [3.63, 3.8) is 0 Å². The molecule has 18 heavy (non-hydrogen) atoms. The number of carbonyl (C=O) groups is 1. The molecule has 2 aromatic rings. The summed E-state index contributed by atoms with van der Waals surface area (Å²) in [6, 6.07) is 0. The van der Waals surface area contributed by atoms with Gasteiger partial charge in [0.1, 0.15) is 5.01 Å². The molecule has 0 aliphatic rings. The van der Waals surface area contributed by atoms with E-state index in [1.807, 2.05) is 19.2 Å². The van der Waals surface area contributed by atoms with Crippen molar-refractivity contribution in [1.29, 1.82) is 0 Å². The Morgan fingerprint density at radius 1 is 1.56 bits per heavy atom. The van der Waals surface area contributed by atoms with Gasteiger partial charge in [-0.3, -0.25) is 0 Å². The summed E-state index contributed by atoms with van der Waals surface area (Å²) in [5, 5.41) is 19.6. The van der Waals surface area contributed by atoms with Gasteiger partial charge in [-0.2, -0.15) is 0 Å². The van der Waals surface area contributed by atoms with Crippen molar-refractivity contribution in [2.45, 2.75) is 33.2 Å². The van der Waals surface area contributed by atoms with Crippen LogP contribution < -0.4 is 0 Å². The van der Waals surface area contributed by atoms with E-state index in [9.17, 15) is 4.79 Å². The fourth-order valence-corrected chi connectivity index (χ4v) is 2.47. The Kier molecular flexibility index (Phi) is 3.71. The molecule has 2 rings (SSSR count). The lowest BCUT2D eigenvalue weighted by Gasteiger charge is -2.03. The van der Waals surface area contributed by atoms with Gasteiger partial charge >= 0.3 is 5.97 Å². The van der Waals surface area contributed by atoms with Gasteiger partial charge < -0.3 is 5.11 Å². The first-order chi connectivity index (χ1) is 8.61. The molecule has 0 aliphatic carbocycles. The number of carboxylic acid groups (broad SMARTS) is 1. The average Bonchev–Trinajstić information content (AvgIpc) is 2.88. The van der Waals surface area contributed by atoms with Crippen molar-refractivity contribution in [2.24, 2.45) is 0 Å². The third kappa shape index (κ3) is 2.56. The van der Waals surface area contributed by atoms with Crippen molar-refractivity contribution < 1.29 is 9.90 Å². The van der Waals surface area contributed by atoms with E-state index in [1.54, 1.807) is 16.0 Å². The van der Waals surface area contributed by atoms with Crippen LogP contribution in [0.1, 0.15) is 40.2 Å². The van der Waals surface area contributed by atoms with Gasteiger partial charge in [0, 0.05) is 11.1 Å². The molecule has 0 radical (unpaired) electrons. The maximum absolute atomic E-state index is 11.0. The second-order valence-electron chi connectivity index (χ2n) is 3.98. The molecule has 7 heteroatoms. The average molecular weight is 266 g/mol. The zero-order valence-electron chi connectivity index (χ0n) is 10.3. The number of thiazole rings is 1. The number of aryl methyl sites for hydroxylation is 1. The first-order valence-corrected chi connectivity index (χ1v) is 6.56. The standard InChI is InChI=1S/C11H14N4O2S/c1-3-4-8-10(11(16)17)13-14-15(8)5-9-12-7(2)6-18-9/h6H,3-5H2,1-2H3,(H,16,17). The molecule has 96 valence electrons. The Labute approximate surface area is 108 Å². The molecule has 0 aliphatic heterocycles. The Balaban J connectivity index is 2.29. The number of aromatic carboxylic acids is 1. The number of nitrogens with zero attached hydrogens (tertiary/aromatic N) is 4. The van der Waals surface area contributed by atoms with E-state index in [0.717, 1.165) is 17.1 Å². The maximum atomic E-state index is 11.0. The summed E-state index contributed by atoms with van der Waals surface area (Å²) < 4.78 is 1.63. The molecule has 0 saturated carbocycles. The fraction of sp³-hybridized carbons (Fsp3) is 0.455. The predicted molar refractivity (Wildman–Crippen MR) is 66.9 cm³/mol. The van der Waals surface area contributed by atoms with Crippen LogP contribution in [-0.4, -0.2) is 31.1 Å². The van der Waals surface area contributed by atoms with Crippen molar-refractivity contribution >= 4 is 17.3 Å². The second-order valence-corrected chi connectivity index (χ2v) is 4.92. The van der Waals surface area contributed by atoms with Crippen LogP contribution in [0.4, 0.5) is 0 Å². The van der Waals surface area contributed by atoms with Gasteiger partial charge in [-0.25, -0.2) is 14.5 Å². The number of hydrogen-bond acceptors (Lipinski definition) is 5. The smallest absolute Gasteiger partial charge is 0.358 e. The van der Waals surface area contributed by atoms with Crippen LogP contribution in [0.5, 0.6) is 0 Å². The second kappa shape index (κ2) is 5.26. The van der Waals surface area contributed by atoms with Gasteiger partial charge in [0.05, 0.1) is 12.2 Å². The Morgan fingerprint density at radius 3 is 2.89 bits per heavy atom. The van der Waals surface area contributed by atoms with E-state index in [-0.39, 0.29) is 5.69 Å². The van der Waals surface area contributed by atoms with Crippen molar-refractivity contribution in [2.75, 3.05) is 0 Å². The molecular weight excluding hydrogens is 252 g/mol. The van der Waals surface area contributed by atoms with Gasteiger partial charge in [-0.15, -0.1) is 16.4 Å². The molecule has 0 atom stereocenters. The molecule has 0 aromatic carbocycles. The minimum absolute atomic E-state index is 0.0464. The summed E-state index contributed by atoms with van der Waals surface area (Å²) in [7, 11) is 0. The van der Waals surface area contributed by atoms with Gasteiger partial charge in [-0.05, 0) is 13.3 Å². The summed E-state index contributed by atoms with van der Waals surface area (Å²) in [4.78, 5) is 15.4. The summed E-state index contributed by atoms with van der Waals surface area (Å²) in [5.41, 5.74) is 1.67. The Bertz CT molecular complexity index is 561. The Hall–Kier alpha value is -1.76. The number of carboxylic acids is 1. The highest BCUT2D eigenvalue weighted by Crippen LogP contribution is 2.14. The van der Waals surface area contributed by atoms with Crippen LogP contribution in [0.15, 0.2) is 5.38 Å². The van der Waals surface area contributed by atoms with Crippen LogP contribution in [0, 0.1) is 6.92 Å². The van der Waals surface area contributed by atoms with Crippen LogP contribution in [0.3, 0.4) is 0 Å². The molecule has 0 spiro atoms. The summed E-state index contributed by atoms with van der Waals surface area (Å²) in [6.45, 7) is 4.40. The predicted octanol–water partition coefficient (Wildman–Crippen LogP) is 1.74. The monoisotopic (exact) mass is 266 g/mol. The third-order valence-electron chi connectivity index (χ3n) is 2.48. The third-order valence-corrected chi connectivity index (χ3v) is 3.43. The molecular formula is C11H14N4O2S. The van der Waals surface area contributed by atoms with Crippen molar-refractivity contribution in [3.05, 3.63) is 27.5 Å². The van der Waals surface area contributed by atoms with E-state index in [1.165, 1.54) is 0 Å². The van der Waals surface area contributed by atoms with Gasteiger partial charge in [0.15, 0.2) is 5.69 Å². The van der Waals surface area contributed by atoms with Crippen LogP contribution in [0.25, 0.3) is 0 Å². The van der Waals surface area contributed by atoms with Gasteiger partial charge in [0.2, 0.25) is 0 Å². The van der Waals surface area contributed by atoms with E-state index in [2.05, 4.69) is 15.3 Å². The number of aromatic nitrogens is 4. The lowest BCUT2D eigenvalue weighted by atomic mass is 10.2. The molecule has 2 aromatic heterocycles. The zero-order valence-corrected chi connectivity index (χ0v) is 11.1. The molecule has 0 amide bonds. The Morgan fingerprint density at radius 2 is 2.33 bits per heavy atom. The topological polar surface area (TPSA) is 80.9 Å². The highest BCUT2D eigenvalue weighted by atomic mass is 32.1. The largest absolute Gasteiger partial charge is 0.476 e. The lowest BCUT2D eigenvalue weighted by Crippen LogP contribution is -2.09.